The van der Waals surface area contributed by atoms with E-state index in [1.165, 1.54) is 6.08 Å². The van der Waals surface area contributed by atoms with Crippen LogP contribution in [0.15, 0.2) is 53.0 Å². The molecule has 0 fully saturated rings. The average Bonchev–Trinajstić information content (AvgIpc) is 2.57. The van der Waals surface area contributed by atoms with Crippen molar-refractivity contribution in [2.75, 3.05) is 5.32 Å². The molecule has 1 N–H and O–H groups in total. The third-order valence-electron chi connectivity index (χ3n) is 3.59. The summed E-state index contributed by atoms with van der Waals surface area (Å²) in [5.74, 6) is -0.925. The Bertz CT molecular complexity index is 797. The van der Waals surface area contributed by atoms with E-state index in [4.69, 9.17) is 4.74 Å². The summed E-state index contributed by atoms with van der Waals surface area (Å²) in [4.78, 5) is 24.1. The molecule has 130 valence electrons. The second-order valence-corrected chi connectivity index (χ2v) is 6.69. The topological polar surface area (TPSA) is 55.4 Å². The number of hydrogen-bond acceptors (Lipinski definition) is 3. The second kappa shape index (κ2) is 8.62. The summed E-state index contributed by atoms with van der Waals surface area (Å²) in [5, 5.41) is 2.79. The fourth-order valence-electron chi connectivity index (χ4n) is 2.11. The maximum Gasteiger partial charge on any atom is 0.331 e. The maximum atomic E-state index is 12.2. The minimum atomic E-state index is -0.887. The molecule has 1 amide bonds. The number of rotatable bonds is 5. The lowest BCUT2D eigenvalue weighted by Gasteiger charge is -2.14. The van der Waals surface area contributed by atoms with Crippen molar-refractivity contribution in [1.82, 2.24) is 0 Å². The van der Waals surface area contributed by atoms with E-state index in [1.54, 1.807) is 13.0 Å². The van der Waals surface area contributed by atoms with Gasteiger partial charge in [0, 0.05) is 16.2 Å². The fourth-order valence-corrected chi connectivity index (χ4v) is 2.37. The molecule has 0 bridgehead atoms. The van der Waals surface area contributed by atoms with Crippen molar-refractivity contribution in [3.63, 3.8) is 0 Å². The predicted octanol–water partition coefficient (Wildman–Crippen LogP) is 4.65. The quantitative estimate of drug-likeness (QED) is 0.585. The molecule has 2 aromatic carbocycles. The molecule has 0 aliphatic carbocycles. The van der Waals surface area contributed by atoms with Gasteiger partial charge in [-0.05, 0) is 61.7 Å². The number of nitrogens with one attached hydrogen (secondary N) is 1. The number of esters is 1. The lowest BCUT2D eigenvalue weighted by atomic mass is 10.1. The normalized spacial score (nSPS) is 12.0. The van der Waals surface area contributed by atoms with Crippen LogP contribution in [0.2, 0.25) is 0 Å². The molecular formula is C20H20BrNO3. The highest BCUT2D eigenvalue weighted by Crippen LogP contribution is 2.17. The zero-order chi connectivity index (χ0) is 18.4. The number of anilines is 1. The number of ether oxygens (including phenoxy) is 1. The molecule has 0 saturated carbocycles. The first-order valence-electron chi connectivity index (χ1n) is 7.87. The highest BCUT2D eigenvalue weighted by Gasteiger charge is 2.17. The van der Waals surface area contributed by atoms with Crippen LogP contribution in [0.25, 0.3) is 6.08 Å². The molecule has 1 atom stereocenters. The van der Waals surface area contributed by atoms with Gasteiger partial charge in [-0.1, -0.05) is 40.2 Å². The third kappa shape index (κ3) is 5.87. The number of amides is 1. The van der Waals surface area contributed by atoms with Crippen LogP contribution in [-0.4, -0.2) is 18.0 Å². The minimum absolute atomic E-state index is 0.362. The van der Waals surface area contributed by atoms with Gasteiger partial charge in [-0.15, -0.1) is 0 Å². The van der Waals surface area contributed by atoms with Crippen molar-refractivity contribution < 1.29 is 14.3 Å². The number of hydrogen-bond donors (Lipinski definition) is 1. The molecule has 2 rings (SSSR count). The van der Waals surface area contributed by atoms with Crippen LogP contribution in [0.3, 0.4) is 0 Å². The van der Waals surface area contributed by atoms with E-state index in [2.05, 4.69) is 21.2 Å². The van der Waals surface area contributed by atoms with Crippen molar-refractivity contribution in [3.05, 3.63) is 69.7 Å². The van der Waals surface area contributed by atoms with Crippen LogP contribution in [0.1, 0.15) is 23.6 Å². The molecule has 0 unspecified atom stereocenters. The Labute approximate surface area is 156 Å². The summed E-state index contributed by atoms with van der Waals surface area (Å²) in [6.45, 7) is 5.41. The van der Waals surface area contributed by atoms with Crippen molar-refractivity contribution in [2.45, 2.75) is 26.9 Å². The van der Waals surface area contributed by atoms with Gasteiger partial charge in [-0.2, -0.15) is 0 Å². The fraction of sp³-hybridized carbons (Fsp3) is 0.200. The number of carbonyl (C=O) groups is 2. The lowest BCUT2D eigenvalue weighted by molar-refractivity contribution is -0.148. The molecule has 0 radical (unpaired) electrons. The molecule has 0 heterocycles. The van der Waals surface area contributed by atoms with Crippen molar-refractivity contribution >= 4 is 39.6 Å². The molecule has 0 aliphatic rings. The Morgan fingerprint density at radius 1 is 1.12 bits per heavy atom. The van der Waals surface area contributed by atoms with Crippen LogP contribution in [-0.2, 0) is 14.3 Å². The molecule has 0 aromatic heterocycles. The van der Waals surface area contributed by atoms with Gasteiger partial charge in [0.15, 0.2) is 6.10 Å². The summed E-state index contributed by atoms with van der Waals surface area (Å²) in [6, 6.07) is 13.3. The Kier molecular flexibility index (Phi) is 6.53. The summed E-state index contributed by atoms with van der Waals surface area (Å²) in [6.07, 6.45) is 2.07. The Balaban J connectivity index is 1.92. The van der Waals surface area contributed by atoms with E-state index in [1.807, 2.05) is 56.3 Å². The van der Waals surface area contributed by atoms with E-state index < -0.39 is 12.1 Å². The average molecular weight is 402 g/mol. The SMILES string of the molecule is Cc1ccc(C)c(NC(=O)[C@H](C)OC(=O)/C=C/c2ccc(Br)cc2)c1. The first-order chi connectivity index (χ1) is 11.8. The number of aryl methyl sites for hydroxylation is 2. The molecule has 4 nitrogen and oxygen atoms in total. The molecule has 5 heteroatoms. The van der Waals surface area contributed by atoms with Crippen LogP contribution in [0.4, 0.5) is 5.69 Å². The van der Waals surface area contributed by atoms with Crippen LogP contribution >= 0.6 is 15.9 Å². The van der Waals surface area contributed by atoms with Crippen LogP contribution in [0, 0.1) is 13.8 Å². The molecule has 25 heavy (non-hydrogen) atoms. The van der Waals surface area contributed by atoms with Gasteiger partial charge in [0.2, 0.25) is 0 Å². The third-order valence-corrected chi connectivity index (χ3v) is 4.12. The lowest BCUT2D eigenvalue weighted by Crippen LogP contribution is -2.29. The Morgan fingerprint density at radius 3 is 2.48 bits per heavy atom. The molecule has 0 saturated heterocycles. The summed E-state index contributed by atoms with van der Waals surface area (Å²) >= 11 is 3.35. The van der Waals surface area contributed by atoms with E-state index in [9.17, 15) is 9.59 Å². The van der Waals surface area contributed by atoms with E-state index in [0.29, 0.717) is 0 Å². The van der Waals surface area contributed by atoms with Gasteiger partial charge in [0.25, 0.3) is 5.91 Å². The second-order valence-electron chi connectivity index (χ2n) is 5.77. The van der Waals surface area contributed by atoms with Crippen molar-refractivity contribution in [2.24, 2.45) is 0 Å². The van der Waals surface area contributed by atoms with Crippen LogP contribution < -0.4 is 5.32 Å². The Morgan fingerprint density at radius 2 is 1.80 bits per heavy atom. The maximum absolute atomic E-state index is 12.2. The van der Waals surface area contributed by atoms with Gasteiger partial charge in [-0.3, -0.25) is 4.79 Å². The highest BCUT2D eigenvalue weighted by molar-refractivity contribution is 9.10. The zero-order valence-corrected chi connectivity index (χ0v) is 16.0. The van der Waals surface area contributed by atoms with Gasteiger partial charge in [0.1, 0.15) is 0 Å². The summed E-state index contributed by atoms with van der Waals surface area (Å²) in [5.41, 5.74) is 3.58. The van der Waals surface area contributed by atoms with Gasteiger partial charge < -0.3 is 10.1 Å². The molecular weight excluding hydrogens is 382 g/mol. The van der Waals surface area contributed by atoms with Gasteiger partial charge >= 0.3 is 5.97 Å². The minimum Gasteiger partial charge on any atom is -0.449 e. The monoisotopic (exact) mass is 401 g/mol. The molecule has 2 aromatic rings. The smallest absolute Gasteiger partial charge is 0.331 e. The first kappa shape index (κ1) is 18.9. The van der Waals surface area contributed by atoms with Gasteiger partial charge in [-0.25, -0.2) is 4.79 Å². The number of halogens is 1. The van der Waals surface area contributed by atoms with E-state index in [-0.39, 0.29) is 5.91 Å². The zero-order valence-electron chi connectivity index (χ0n) is 14.4. The largest absolute Gasteiger partial charge is 0.449 e. The van der Waals surface area contributed by atoms with Crippen LogP contribution in [0.5, 0.6) is 0 Å². The summed E-state index contributed by atoms with van der Waals surface area (Å²) in [7, 11) is 0. The highest BCUT2D eigenvalue weighted by atomic mass is 79.9. The summed E-state index contributed by atoms with van der Waals surface area (Å²) < 4.78 is 6.11. The standard InChI is InChI=1S/C20H20BrNO3/c1-13-4-5-14(2)18(12-13)22-20(24)15(3)25-19(23)11-8-16-6-9-17(21)10-7-16/h4-12,15H,1-3H3,(H,22,24)/b11-8+/t15-/m0/s1. The van der Waals surface area contributed by atoms with E-state index >= 15 is 0 Å². The number of carbonyl (C=O) groups excluding carboxylic acids is 2. The van der Waals surface area contributed by atoms with E-state index in [0.717, 1.165) is 26.9 Å². The van der Waals surface area contributed by atoms with Crippen molar-refractivity contribution in [3.8, 4) is 0 Å². The molecule has 0 aliphatic heterocycles. The van der Waals surface area contributed by atoms with Gasteiger partial charge in [0.05, 0.1) is 0 Å². The van der Waals surface area contributed by atoms with Crippen molar-refractivity contribution in [1.29, 1.82) is 0 Å². The Hall–Kier alpha value is -2.40. The number of benzene rings is 2. The predicted molar refractivity (Wildman–Crippen MR) is 103 cm³/mol. The molecule has 0 spiro atoms. The first-order valence-corrected chi connectivity index (χ1v) is 8.67.